The van der Waals surface area contributed by atoms with Gasteiger partial charge in [0.25, 0.3) is 0 Å². The van der Waals surface area contributed by atoms with Gasteiger partial charge in [0.05, 0.1) is 36.5 Å². The number of benzene rings is 4. The SMILES string of the molecule is CC(C)C=O.CC(C)c1nc2c3c(ccc2[nH]1)C(=O)c1ccccc1C3=O.Nc1ccc2c(c1N)C(=O)c1ccccc1C2=O.[2H]CF. The van der Waals surface area contributed by atoms with Crippen LogP contribution in [0.4, 0.5) is 15.8 Å². The number of hydrogen-bond acceptors (Lipinski definition) is 8. The predicted molar refractivity (Wildman–Crippen MR) is 180 cm³/mol. The molecule has 5 aromatic rings. The molecule has 0 spiro atoms. The van der Waals surface area contributed by atoms with Crippen LogP contribution in [0.5, 0.6) is 0 Å². The number of nitrogens with two attached hydrogens (primary N) is 2. The Balaban J connectivity index is 0.000000180. The fourth-order valence-electron chi connectivity index (χ4n) is 5.17. The van der Waals surface area contributed by atoms with Crippen LogP contribution in [0.15, 0.2) is 72.8 Å². The van der Waals surface area contributed by atoms with Crippen molar-refractivity contribution in [1.82, 2.24) is 9.97 Å². The molecule has 47 heavy (non-hydrogen) atoms. The van der Waals surface area contributed by atoms with Crippen LogP contribution >= 0.6 is 0 Å². The van der Waals surface area contributed by atoms with Gasteiger partial charge in [-0.05, 0) is 24.3 Å². The molecule has 0 atom stereocenters. The zero-order valence-corrected chi connectivity index (χ0v) is 26.4. The zero-order valence-electron chi connectivity index (χ0n) is 27.4. The van der Waals surface area contributed by atoms with E-state index in [0.29, 0.717) is 50.1 Å². The van der Waals surface area contributed by atoms with E-state index in [-0.39, 0.29) is 46.2 Å². The molecule has 9 nitrogen and oxygen atoms in total. The molecule has 1 aromatic heterocycles. The average Bonchev–Trinajstić information content (AvgIpc) is 3.53. The summed E-state index contributed by atoms with van der Waals surface area (Å²) in [6, 6.07) is 20.3. The van der Waals surface area contributed by atoms with Crippen molar-refractivity contribution >= 4 is 51.8 Å². The summed E-state index contributed by atoms with van der Waals surface area (Å²) in [5.41, 5.74) is 16.5. The molecule has 0 amide bonds. The highest BCUT2D eigenvalue weighted by Gasteiger charge is 2.33. The van der Waals surface area contributed by atoms with Crippen molar-refractivity contribution in [2.45, 2.75) is 33.6 Å². The van der Waals surface area contributed by atoms with E-state index in [1.54, 1.807) is 66.7 Å². The van der Waals surface area contributed by atoms with E-state index in [2.05, 4.69) is 9.97 Å². The summed E-state index contributed by atoms with van der Waals surface area (Å²) < 4.78 is 15.5. The van der Waals surface area contributed by atoms with Gasteiger partial charge in [0.1, 0.15) is 17.6 Å². The molecule has 0 bridgehead atoms. The van der Waals surface area contributed by atoms with Crippen molar-refractivity contribution in [2.24, 2.45) is 5.92 Å². The van der Waals surface area contributed by atoms with Crippen molar-refractivity contribution in [1.29, 1.82) is 0 Å². The lowest BCUT2D eigenvalue weighted by molar-refractivity contribution is -0.110. The number of H-pyrrole nitrogens is 1. The molecule has 0 unspecified atom stereocenters. The number of nitrogens with zero attached hydrogens (tertiary/aromatic N) is 1. The van der Waals surface area contributed by atoms with Crippen LogP contribution in [0, 0.1) is 5.92 Å². The van der Waals surface area contributed by atoms with E-state index >= 15 is 0 Å². The molecule has 0 fully saturated rings. The number of anilines is 2. The van der Waals surface area contributed by atoms with Gasteiger partial charge >= 0.3 is 0 Å². The number of nitrogen functional groups attached to an aromatic ring is 2. The van der Waals surface area contributed by atoms with E-state index in [0.717, 1.165) is 17.6 Å². The second-order valence-electron chi connectivity index (χ2n) is 11.4. The second kappa shape index (κ2) is 14.1. The lowest BCUT2D eigenvalue weighted by Crippen LogP contribution is -2.22. The maximum Gasteiger partial charge on any atom is 0.196 e. The number of alkyl halides is 1. The van der Waals surface area contributed by atoms with Crippen molar-refractivity contribution in [3.63, 3.8) is 0 Å². The zero-order chi connectivity index (χ0) is 35.3. The number of ketones is 4. The summed E-state index contributed by atoms with van der Waals surface area (Å²) >= 11 is 0. The number of rotatable bonds is 2. The topological polar surface area (TPSA) is 166 Å². The van der Waals surface area contributed by atoms with Crippen LogP contribution in [-0.2, 0) is 4.79 Å². The first-order chi connectivity index (χ1) is 22.9. The molecule has 2 aliphatic carbocycles. The van der Waals surface area contributed by atoms with E-state index in [9.17, 15) is 28.4 Å². The van der Waals surface area contributed by atoms with E-state index in [1.165, 1.54) is 0 Å². The molecule has 0 radical (unpaired) electrons. The minimum Gasteiger partial charge on any atom is -0.397 e. The molecule has 1 heterocycles. The van der Waals surface area contributed by atoms with E-state index in [4.69, 9.17) is 12.8 Å². The number of carbonyl (C=O) groups is 5. The Morgan fingerprint density at radius 3 is 1.60 bits per heavy atom. The Kier molecular flexibility index (Phi) is 9.80. The van der Waals surface area contributed by atoms with Gasteiger partial charge in [-0.15, -0.1) is 0 Å². The molecule has 2 aliphatic rings. The van der Waals surface area contributed by atoms with E-state index < -0.39 is 7.15 Å². The number of aromatic nitrogens is 2. The van der Waals surface area contributed by atoms with Gasteiger partial charge in [0.15, 0.2) is 23.1 Å². The number of halogens is 1. The largest absolute Gasteiger partial charge is 0.397 e. The van der Waals surface area contributed by atoms with Crippen molar-refractivity contribution in [3.8, 4) is 0 Å². The standard InChI is InChI=1S/C18H14N2O2.C14H10N2O2.C4H8O.CH3F/c1-9(2)18-19-13-8-7-12-14(15(13)20-18)17(22)11-6-4-3-5-10(11)16(12)21;15-10-6-5-9-11(12(10)16)14(18)8-4-2-1-3-7(8)13(9)17;1-4(2)3-5;1-2/h3-9H,1-2H3,(H,19,20);1-6H,15-16H2;3-4H,1-2H3;1H3/i;;;1D. The second-order valence-corrected chi connectivity index (χ2v) is 11.4. The third-order valence-corrected chi connectivity index (χ3v) is 7.55. The van der Waals surface area contributed by atoms with Gasteiger partial charge in [0.2, 0.25) is 0 Å². The molecule has 240 valence electrons. The van der Waals surface area contributed by atoms with Crippen LogP contribution in [0.1, 0.15) is 104 Å². The molecule has 10 heteroatoms. The van der Waals surface area contributed by atoms with Gasteiger partial charge in [-0.1, -0.05) is 76.2 Å². The van der Waals surface area contributed by atoms with E-state index in [1.807, 2.05) is 33.8 Å². The molecule has 5 N–H and O–H groups in total. The van der Waals surface area contributed by atoms with Gasteiger partial charge in [-0.25, -0.2) is 4.98 Å². The molecular weight excluding hydrogens is 599 g/mol. The Hall–Kier alpha value is -5.77. The van der Waals surface area contributed by atoms with Gasteiger partial charge in [-0.3, -0.25) is 23.6 Å². The minimum absolute atomic E-state index is 0.110. The van der Waals surface area contributed by atoms with Crippen LogP contribution in [-0.4, -0.2) is 46.5 Å². The predicted octanol–water partition coefficient (Wildman–Crippen LogP) is 6.52. The molecular formula is C37H35FN4O5. The van der Waals surface area contributed by atoms with Gasteiger partial charge in [0, 0.05) is 45.2 Å². The monoisotopic (exact) mass is 635 g/mol. The Morgan fingerprint density at radius 2 is 1.13 bits per heavy atom. The highest BCUT2D eigenvalue weighted by molar-refractivity contribution is 6.32. The molecule has 0 saturated heterocycles. The third-order valence-electron chi connectivity index (χ3n) is 7.55. The molecule has 4 aromatic carbocycles. The first kappa shape index (κ1) is 32.6. The Bertz CT molecular complexity index is 2070. The van der Waals surface area contributed by atoms with Crippen LogP contribution in [0.3, 0.4) is 0 Å². The molecule has 7 rings (SSSR count). The van der Waals surface area contributed by atoms with Crippen molar-refractivity contribution in [2.75, 3.05) is 18.6 Å². The number of aldehydes is 1. The van der Waals surface area contributed by atoms with Gasteiger partial charge in [-0.2, -0.15) is 0 Å². The Morgan fingerprint density at radius 1 is 0.702 bits per heavy atom. The van der Waals surface area contributed by atoms with Crippen LogP contribution in [0.25, 0.3) is 11.0 Å². The highest BCUT2D eigenvalue weighted by Crippen LogP contribution is 2.34. The number of hydrogen-bond donors (Lipinski definition) is 3. The van der Waals surface area contributed by atoms with Gasteiger partial charge < -0.3 is 21.2 Å². The maximum atomic E-state index is 12.8. The van der Waals surface area contributed by atoms with Crippen molar-refractivity contribution in [3.05, 3.63) is 123 Å². The summed E-state index contributed by atoms with van der Waals surface area (Å²) in [5, 5.41) is 0. The number of carbonyl (C=O) groups excluding carboxylic acids is 5. The lowest BCUT2D eigenvalue weighted by atomic mass is 9.83. The number of nitrogens with one attached hydrogen (secondary N) is 1. The fourth-order valence-corrected chi connectivity index (χ4v) is 5.17. The first-order valence-electron chi connectivity index (χ1n) is 15.5. The quantitative estimate of drug-likeness (QED) is 0.143. The summed E-state index contributed by atoms with van der Waals surface area (Å²) in [4.78, 5) is 67.4. The Labute approximate surface area is 272 Å². The lowest BCUT2D eigenvalue weighted by Gasteiger charge is -2.19. The first-order valence-corrected chi connectivity index (χ1v) is 14.8. The summed E-state index contributed by atoms with van der Waals surface area (Å²) in [5.74, 6) is 0.581. The number of imidazole rings is 1. The van der Waals surface area contributed by atoms with Crippen LogP contribution < -0.4 is 11.5 Å². The van der Waals surface area contributed by atoms with Crippen molar-refractivity contribution < 1.29 is 29.7 Å². The number of fused-ring (bicyclic) bond motifs is 6. The molecule has 0 saturated carbocycles. The highest BCUT2D eigenvalue weighted by atomic mass is 19.1. The normalized spacial score (nSPS) is 12.7. The molecule has 0 aliphatic heterocycles. The maximum absolute atomic E-state index is 12.8. The van der Waals surface area contributed by atoms with Crippen LogP contribution in [0.2, 0.25) is 0 Å². The minimum atomic E-state index is -1.00. The average molecular weight is 636 g/mol. The summed E-state index contributed by atoms with van der Waals surface area (Å²) in [6.07, 6.45) is 0.917. The smallest absolute Gasteiger partial charge is 0.196 e. The number of aromatic amines is 1. The third kappa shape index (κ3) is 6.35. The summed E-state index contributed by atoms with van der Waals surface area (Å²) in [7, 11) is -1.00. The summed E-state index contributed by atoms with van der Waals surface area (Å²) in [6.45, 7) is 7.78. The fraction of sp³-hybridized carbons (Fsp3) is 0.189.